The summed E-state index contributed by atoms with van der Waals surface area (Å²) in [5.74, 6) is -1.58. The molecule has 2 unspecified atom stereocenters. The molecule has 11 heteroatoms. The molecule has 9 nitrogen and oxygen atoms in total. The Morgan fingerprint density at radius 2 is 2.10 bits per heavy atom. The molecule has 2 N–H and O–H groups in total. The maximum Gasteiger partial charge on any atom is 0.357 e. The highest BCUT2D eigenvalue weighted by molar-refractivity contribution is 7.14. The summed E-state index contributed by atoms with van der Waals surface area (Å²) < 4.78 is 4.60. The molecule has 0 spiro atoms. The van der Waals surface area contributed by atoms with Crippen molar-refractivity contribution in [3.63, 3.8) is 0 Å². The Hall–Kier alpha value is -2.79. The lowest BCUT2D eigenvalue weighted by atomic mass is 10.0. The second-order valence-corrected chi connectivity index (χ2v) is 8.45. The molecule has 0 radical (unpaired) electrons. The van der Waals surface area contributed by atoms with Crippen molar-refractivity contribution in [1.29, 1.82) is 0 Å². The molecular formula is C18H20N4O5S2. The third-order valence-electron chi connectivity index (χ3n) is 4.29. The van der Waals surface area contributed by atoms with Gasteiger partial charge in [-0.05, 0) is 34.7 Å². The average molecular weight is 437 g/mol. The van der Waals surface area contributed by atoms with Crippen LogP contribution in [0.4, 0.5) is 9.93 Å². The fourth-order valence-electron chi connectivity index (χ4n) is 2.95. The van der Waals surface area contributed by atoms with Crippen LogP contribution in [0.1, 0.15) is 42.4 Å². The SMILES string of the molecule is COC(=O)c1csc(NC(=O)C(CC(C)C)N2C(=O)NC(c3ccsc3)C2=O)n1. The van der Waals surface area contributed by atoms with E-state index in [4.69, 9.17) is 0 Å². The van der Waals surface area contributed by atoms with Crippen molar-refractivity contribution in [3.05, 3.63) is 33.5 Å². The molecule has 29 heavy (non-hydrogen) atoms. The zero-order valence-corrected chi connectivity index (χ0v) is 17.6. The van der Waals surface area contributed by atoms with Gasteiger partial charge in [-0.2, -0.15) is 11.3 Å². The summed E-state index contributed by atoms with van der Waals surface area (Å²) in [5.41, 5.74) is 0.753. The Morgan fingerprint density at radius 3 is 2.72 bits per heavy atom. The van der Waals surface area contributed by atoms with Crippen LogP contribution in [0.3, 0.4) is 0 Å². The number of carbonyl (C=O) groups excluding carboxylic acids is 4. The summed E-state index contributed by atoms with van der Waals surface area (Å²) in [6.07, 6.45) is 0.288. The molecule has 2 atom stereocenters. The minimum atomic E-state index is -1.00. The number of ether oxygens (including phenoxy) is 1. The van der Waals surface area contributed by atoms with Crippen LogP contribution in [0.25, 0.3) is 0 Å². The van der Waals surface area contributed by atoms with Crippen molar-refractivity contribution in [1.82, 2.24) is 15.2 Å². The summed E-state index contributed by atoms with van der Waals surface area (Å²) in [4.78, 5) is 54.9. The van der Waals surface area contributed by atoms with Crippen molar-refractivity contribution in [3.8, 4) is 0 Å². The number of nitrogens with zero attached hydrogens (tertiary/aromatic N) is 2. The van der Waals surface area contributed by atoms with Crippen molar-refractivity contribution < 1.29 is 23.9 Å². The highest BCUT2D eigenvalue weighted by Gasteiger charge is 2.45. The van der Waals surface area contributed by atoms with Crippen LogP contribution in [-0.4, -0.2) is 46.9 Å². The van der Waals surface area contributed by atoms with Crippen LogP contribution in [0.15, 0.2) is 22.2 Å². The van der Waals surface area contributed by atoms with E-state index in [1.54, 1.807) is 11.4 Å². The number of hydrogen-bond donors (Lipinski definition) is 2. The lowest BCUT2D eigenvalue weighted by molar-refractivity contribution is -0.134. The summed E-state index contributed by atoms with van der Waals surface area (Å²) in [6.45, 7) is 3.79. The number of esters is 1. The van der Waals surface area contributed by atoms with Crippen LogP contribution in [-0.2, 0) is 14.3 Å². The number of anilines is 1. The minimum absolute atomic E-state index is 0.0495. The number of imide groups is 1. The monoisotopic (exact) mass is 436 g/mol. The molecule has 1 aliphatic heterocycles. The molecule has 1 saturated heterocycles. The number of rotatable bonds is 7. The normalized spacial score (nSPS) is 17.4. The summed E-state index contributed by atoms with van der Waals surface area (Å²) >= 11 is 2.47. The first-order valence-electron chi connectivity index (χ1n) is 8.82. The van der Waals surface area contributed by atoms with Gasteiger partial charge in [0.15, 0.2) is 10.8 Å². The van der Waals surface area contributed by atoms with Gasteiger partial charge in [-0.15, -0.1) is 11.3 Å². The highest BCUT2D eigenvalue weighted by atomic mass is 32.1. The van der Waals surface area contributed by atoms with E-state index in [0.29, 0.717) is 5.56 Å². The van der Waals surface area contributed by atoms with E-state index >= 15 is 0 Å². The van der Waals surface area contributed by atoms with Gasteiger partial charge in [0, 0.05) is 5.38 Å². The summed E-state index contributed by atoms with van der Waals surface area (Å²) in [5, 5.41) is 10.5. The lowest BCUT2D eigenvalue weighted by Gasteiger charge is -2.25. The molecule has 3 heterocycles. The van der Waals surface area contributed by atoms with Crippen LogP contribution < -0.4 is 10.6 Å². The molecule has 0 bridgehead atoms. The van der Waals surface area contributed by atoms with E-state index < -0.39 is 35.9 Å². The quantitative estimate of drug-likeness (QED) is 0.509. The molecule has 0 aromatic carbocycles. The number of carbonyl (C=O) groups is 4. The Kier molecular flexibility index (Phi) is 6.28. The minimum Gasteiger partial charge on any atom is -0.464 e. The fourth-order valence-corrected chi connectivity index (χ4v) is 4.32. The second-order valence-electron chi connectivity index (χ2n) is 6.81. The first-order chi connectivity index (χ1) is 13.8. The first-order valence-corrected chi connectivity index (χ1v) is 10.6. The molecule has 2 aromatic heterocycles. The number of hydrogen-bond acceptors (Lipinski definition) is 8. The van der Waals surface area contributed by atoms with Gasteiger partial charge in [-0.3, -0.25) is 9.59 Å². The van der Waals surface area contributed by atoms with Gasteiger partial charge in [0.05, 0.1) is 7.11 Å². The van der Waals surface area contributed by atoms with E-state index in [2.05, 4.69) is 20.4 Å². The van der Waals surface area contributed by atoms with Crippen molar-refractivity contribution in [2.45, 2.75) is 32.4 Å². The Morgan fingerprint density at radius 1 is 1.34 bits per heavy atom. The number of aromatic nitrogens is 1. The summed E-state index contributed by atoms with van der Waals surface area (Å²) in [7, 11) is 1.24. The number of thiophene rings is 1. The molecule has 1 aliphatic rings. The Bertz CT molecular complexity index is 925. The largest absolute Gasteiger partial charge is 0.464 e. The fraction of sp³-hybridized carbons (Fsp3) is 0.389. The summed E-state index contributed by atoms with van der Waals surface area (Å²) in [6, 6.07) is -0.654. The van der Waals surface area contributed by atoms with Crippen LogP contribution >= 0.6 is 22.7 Å². The van der Waals surface area contributed by atoms with Crippen LogP contribution in [0.5, 0.6) is 0 Å². The molecule has 154 valence electrons. The smallest absolute Gasteiger partial charge is 0.357 e. The van der Waals surface area contributed by atoms with Gasteiger partial charge in [-0.1, -0.05) is 13.8 Å². The number of amides is 4. The van der Waals surface area contributed by atoms with E-state index in [1.807, 2.05) is 19.2 Å². The van der Waals surface area contributed by atoms with E-state index in [-0.39, 0.29) is 23.2 Å². The standard InChI is InChI=1S/C18H20N4O5S2/c1-9(2)6-12(14(23)21-17-19-11(8-29-17)16(25)27-3)22-15(24)13(20-18(22)26)10-4-5-28-7-10/h4-5,7-9,12-13H,6H2,1-3H3,(H,20,26)(H,19,21,23). The van der Waals surface area contributed by atoms with Gasteiger partial charge in [0.2, 0.25) is 5.91 Å². The molecule has 4 amide bonds. The topological polar surface area (TPSA) is 118 Å². The molecule has 2 aromatic rings. The number of methoxy groups -OCH3 is 1. The predicted octanol–water partition coefficient (Wildman–Crippen LogP) is 2.64. The molecule has 3 rings (SSSR count). The average Bonchev–Trinajstić information content (AvgIpc) is 3.40. The van der Waals surface area contributed by atoms with Crippen molar-refractivity contribution in [2.75, 3.05) is 12.4 Å². The maximum atomic E-state index is 12.9. The van der Waals surface area contributed by atoms with Gasteiger partial charge in [0.25, 0.3) is 5.91 Å². The third-order valence-corrected chi connectivity index (χ3v) is 5.74. The Labute approximate surface area is 175 Å². The molecule has 0 saturated carbocycles. The zero-order chi connectivity index (χ0) is 21.1. The Balaban J connectivity index is 1.81. The van der Waals surface area contributed by atoms with Gasteiger partial charge in [0.1, 0.15) is 12.1 Å². The van der Waals surface area contributed by atoms with Gasteiger partial charge >= 0.3 is 12.0 Å². The predicted molar refractivity (Wildman–Crippen MR) is 108 cm³/mol. The van der Waals surface area contributed by atoms with Crippen molar-refractivity contribution >= 4 is 51.6 Å². The highest BCUT2D eigenvalue weighted by Crippen LogP contribution is 2.28. The number of thiazole rings is 1. The third kappa shape index (κ3) is 4.46. The van der Waals surface area contributed by atoms with Gasteiger partial charge < -0.3 is 15.4 Å². The zero-order valence-electron chi connectivity index (χ0n) is 16.0. The van der Waals surface area contributed by atoms with E-state index in [9.17, 15) is 19.2 Å². The molecular weight excluding hydrogens is 416 g/mol. The first kappa shape index (κ1) is 20.9. The molecule has 0 aliphatic carbocycles. The number of urea groups is 1. The lowest BCUT2D eigenvalue weighted by Crippen LogP contribution is -2.48. The van der Waals surface area contributed by atoms with Crippen molar-refractivity contribution in [2.24, 2.45) is 5.92 Å². The number of nitrogens with one attached hydrogen (secondary N) is 2. The van der Waals surface area contributed by atoms with Crippen LogP contribution in [0, 0.1) is 5.92 Å². The van der Waals surface area contributed by atoms with Gasteiger partial charge in [-0.25, -0.2) is 19.5 Å². The van der Waals surface area contributed by atoms with E-state index in [1.165, 1.54) is 23.8 Å². The van der Waals surface area contributed by atoms with E-state index in [0.717, 1.165) is 16.2 Å². The molecule has 1 fully saturated rings. The second kappa shape index (κ2) is 8.70. The van der Waals surface area contributed by atoms with Crippen LogP contribution in [0.2, 0.25) is 0 Å². The maximum absolute atomic E-state index is 12.9.